The van der Waals surface area contributed by atoms with Crippen LogP contribution in [0.25, 0.3) is 11.1 Å². The number of hydrogen-bond acceptors (Lipinski definition) is 5. The van der Waals surface area contributed by atoms with Gasteiger partial charge in [0.1, 0.15) is 11.7 Å². The molecule has 1 aromatic heterocycles. The molecule has 11 heteroatoms. The minimum Gasteiger partial charge on any atom is -0.480 e. The van der Waals surface area contributed by atoms with Crippen LogP contribution >= 0.6 is 11.3 Å². The lowest BCUT2D eigenvalue weighted by Crippen LogP contribution is -2.42. The summed E-state index contributed by atoms with van der Waals surface area (Å²) >= 11 is 1.33. The van der Waals surface area contributed by atoms with E-state index in [1.807, 2.05) is 6.07 Å². The second kappa shape index (κ2) is 12.8. The molecule has 5 rings (SSSR count). The monoisotopic (exact) mass is 607 g/mol. The molecule has 0 bridgehead atoms. The van der Waals surface area contributed by atoms with Crippen molar-refractivity contribution in [3.63, 3.8) is 0 Å². The summed E-state index contributed by atoms with van der Waals surface area (Å²) in [5.74, 6) is -1.87. The fraction of sp³-hybridized carbons (Fsp3) is 0.250. The average Bonchev–Trinajstić information content (AvgIpc) is 3.51. The predicted octanol–water partition coefficient (Wildman–Crippen LogP) is 6.27. The van der Waals surface area contributed by atoms with Gasteiger partial charge in [-0.1, -0.05) is 60.7 Å². The maximum Gasteiger partial charge on any atom is 0.416 e. The third kappa shape index (κ3) is 7.11. The van der Waals surface area contributed by atoms with Gasteiger partial charge in [-0.25, -0.2) is 9.78 Å². The van der Waals surface area contributed by atoms with Gasteiger partial charge in [0.25, 0.3) is 11.8 Å². The Morgan fingerprint density at radius 2 is 1.60 bits per heavy atom. The Morgan fingerprint density at radius 1 is 0.953 bits per heavy atom. The Morgan fingerprint density at radius 3 is 2.26 bits per heavy atom. The number of nitrogens with one attached hydrogen (secondary N) is 1. The van der Waals surface area contributed by atoms with Crippen molar-refractivity contribution in [3.05, 3.63) is 112 Å². The SMILES string of the molecule is O=C(N[C@@H](Cc1ccccc1)C(=O)O)c1csc(C2CCN(C(=O)c3ccccc3-c3ccc(C(F)(F)F)cc3)CC2)n1. The van der Waals surface area contributed by atoms with Crippen LogP contribution in [0.5, 0.6) is 0 Å². The number of aromatic nitrogens is 1. The van der Waals surface area contributed by atoms with Gasteiger partial charge in [0.05, 0.1) is 10.6 Å². The third-order valence-electron chi connectivity index (χ3n) is 7.45. The van der Waals surface area contributed by atoms with Crippen molar-refractivity contribution < 1.29 is 32.7 Å². The molecular formula is C32H28F3N3O4S. The van der Waals surface area contributed by atoms with Crippen LogP contribution in [-0.4, -0.2) is 51.9 Å². The van der Waals surface area contributed by atoms with Gasteiger partial charge in [0, 0.05) is 36.4 Å². The highest BCUT2D eigenvalue weighted by Gasteiger charge is 2.31. The van der Waals surface area contributed by atoms with E-state index in [9.17, 15) is 32.7 Å². The molecule has 1 saturated heterocycles. The predicted molar refractivity (Wildman–Crippen MR) is 156 cm³/mol. The Kier molecular flexibility index (Phi) is 8.91. The van der Waals surface area contributed by atoms with Gasteiger partial charge in [-0.2, -0.15) is 13.2 Å². The quantitative estimate of drug-likeness (QED) is 0.246. The average molecular weight is 608 g/mol. The molecule has 1 atom stereocenters. The van der Waals surface area contributed by atoms with Gasteiger partial charge >= 0.3 is 12.1 Å². The van der Waals surface area contributed by atoms with Crippen LogP contribution in [0.4, 0.5) is 13.2 Å². The number of carbonyl (C=O) groups is 3. The molecule has 2 amide bonds. The lowest BCUT2D eigenvalue weighted by molar-refractivity contribution is -0.139. The molecule has 1 aliphatic heterocycles. The first-order valence-electron chi connectivity index (χ1n) is 13.7. The third-order valence-corrected chi connectivity index (χ3v) is 8.46. The van der Waals surface area contributed by atoms with E-state index in [0.717, 1.165) is 22.7 Å². The second-order valence-corrected chi connectivity index (χ2v) is 11.2. The maximum atomic E-state index is 13.5. The zero-order valence-corrected chi connectivity index (χ0v) is 23.7. The largest absolute Gasteiger partial charge is 0.480 e. The zero-order chi connectivity index (χ0) is 30.6. The van der Waals surface area contributed by atoms with Crippen molar-refractivity contribution in [3.8, 4) is 11.1 Å². The fourth-order valence-electron chi connectivity index (χ4n) is 5.12. The number of piperidine rings is 1. The summed E-state index contributed by atoms with van der Waals surface area (Å²) in [6, 6.07) is 19.6. The minimum atomic E-state index is -4.44. The highest BCUT2D eigenvalue weighted by molar-refractivity contribution is 7.09. The molecule has 43 heavy (non-hydrogen) atoms. The maximum absolute atomic E-state index is 13.5. The number of halogens is 3. The van der Waals surface area contributed by atoms with E-state index in [2.05, 4.69) is 10.3 Å². The molecule has 1 fully saturated rings. The first kappa shape index (κ1) is 30.0. The summed E-state index contributed by atoms with van der Waals surface area (Å²) in [7, 11) is 0. The van der Waals surface area contributed by atoms with E-state index >= 15 is 0 Å². The van der Waals surface area contributed by atoms with Gasteiger partial charge in [-0.3, -0.25) is 9.59 Å². The molecule has 1 aliphatic rings. The molecule has 2 heterocycles. The van der Waals surface area contributed by atoms with E-state index in [0.29, 0.717) is 42.6 Å². The van der Waals surface area contributed by atoms with Crippen molar-refractivity contribution in [1.82, 2.24) is 15.2 Å². The van der Waals surface area contributed by atoms with Crippen molar-refractivity contribution in [2.75, 3.05) is 13.1 Å². The number of aliphatic carboxylic acids is 1. The zero-order valence-electron chi connectivity index (χ0n) is 22.9. The summed E-state index contributed by atoms with van der Waals surface area (Å²) in [4.78, 5) is 44.3. The van der Waals surface area contributed by atoms with Crippen LogP contribution in [0.2, 0.25) is 0 Å². The van der Waals surface area contributed by atoms with E-state index in [1.54, 1.807) is 58.8 Å². The summed E-state index contributed by atoms with van der Waals surface area (Å²) in [5, 5.41) is 14.5. The van der Waals surface area contributed by atoms with Crippen LogP contribution < -0.4 is 5.32 Å². The molecule has 0 unspecified atom stereocenters. The lowest BCUT2D eigenvalue weighted by Gasteiger charge is -2.31. The summed E-state index contributed by atoms with van der Waals surface area (Å²) in [6.45, 7) is 0.897. The topological polar surface area (TPSA) is 99.6 Å². The van der Waals surface area contributed by atoms with E-state index in [4.69, 9.17) is 0 Å². The molecule has 2 N–H and O–H groups in total. The number of benzene rings is 3. The number of carboxylic acids is 1. The first-order chi connectivity index (χ1) is 20.6. The molecule has 0 saturated carbocycles. The Balaban J connectivity index is 1.21. The number of carbonyl (C=O) groups excluding carboxylic acids is 2. The van der Waals surface area contributed by atoms with E-state index in [-0.39, 0.29) is 23.9 Å². The van der Waals surface area contributed by atoms with Gasteiger partial charge in [0.15, 0.2) is 0 Å². The van der Waals surface area contributed by atoms with Crippen molar-refractivity contribution >= 4 is 29.1 Å². The number of rotatable bonds is 8. The van der Waals surface area contributed by atoms with Gasteiger partial charge in [-0.15, -0.1) is 11.3 Å². The Hall–Kier alpha value is -4.51. The van der Waals surface area contributed by atoms with Crippen LogP contribution in [0.15, 0.2) is 84.2 Å². The van der Waals surface area contributed by atoms with E-state index < -0.39 is 29.7 Å². The smallest absolute Gasteiger partial charge is 0.416 e. The standard InChI is InChI=1S/C32H28F3N3O4S/c33-32(34,35)23-12-10-21(11-13-23)24-8-4-5-9-25(24)30(40)38-16-14-22(15-17-38)29-37-27(19-43-29)28(39)36-26(31(41)42)18-20-6-2-1-3-7-20/h1-13,19,22,26H,14-18H2,(H,36,39)(H,41,42)/t26-/m0/s1. The molecular weight excluding hydrogens is 579 g/mol. The van der Waals surface area contributed by atoms with Gasteiger partial charge in [0.2, 0.25) is 0 Å². The van der Waals surface area contributed by atoms with Crippen LogP contribution in [0, 0.1) is 0 Å². The molecule has 0 aliphatic carbocycles. The second-order valence-electron chi connectivity index (χ2n) is 10.3. The molecule has 0 spiro atoms. The number of hydrogen-bond donors (Lipinski definition) is 2. The molecule has 7 nitrogen and oxygen atoms in total. The van der Waals surface area contributed by atoms with Gasteiger partial charge < -0.3 is 15.3 Å². The molecule has 0 radical (unpaired) electrons. The van der Waals surface area contributed by atoms with Crippen LogP contribution in [0.3, 0.4) is 0 Å². The fourth-order valence-corrected chi connectivity index (χ4v) is 6.09. The van der Waals surface area contributed by atoms with Crippen LogP contribution in [-0.2, 0) is 17.4 Å². The molecule has 4 aromatic rings. The Bertz CT molecular complexity index is 1600. The molecule has 222 valence electrons. The summed E-state index contributed by atoms with van der Waals surface area (Å²) in [5.41, 5.74) is 1.69. The highest BCUT2D eigenvalue weighted by Crippen LogP contribution is 2.34. The highest BCUT2D eigenvalue weighted by atomic mass is 32.1. The van der Waals surface area contributed by atoms with Gasteiger partial charge in [-0.05, 0) is 47.7 Å². The number of carboxylic acid groups (broad SMARTS) is 1. The number of nitrogens with zero attached hydrogens (tertiary/aromatic N) is 2. The number of alkyl halides is 3. The minimum absolute atomic E-state index is 0.0281. The molecule has 3 aromatic carbocycles. The van der Waals surface area contributed by atoms with Crippen molar-refractivity contribution in [2.45, 2.75) is 37.4 Å². The summed E-state index contributed by atoms with van der Waals surface area (Å²) in [6.07, 6.45) is -3.06. The van der Waals surface area contributed by atoms with Crippen LogP contribution in [0.1, 0.15) is 55.7 Å². The summed E-state index contributed by atoms with van der Waals surface area (Å²) < 4.78 is 39.0. The first-order valence-corrected chi connectivity index (χ1v) is 14.6. The van der Waals surface area contributed by atoms with E-state index in [1.165, 1.54) is 23.5 Å². The van der Waals surface area contributed by atoms with Crippen molar-refractivity contribution in [1.29, 1.82) is 0 Å². The van der Waals surface area contributed by atoms with Crippen molar-refractivity contribution in [2.24, 2.45) is 0 Å². The number of amides is 2. The normalized spacial score (nSPS) is 14.7. The lowest BCUT2D eigenvalue weighted by atomic mass is 9.94. The number of likely N-dealkylation sites (tertiary alicyclic amines) is 1. The number of thiazole rings is 1. The Labute approximate surface area is 250 Å².